The smallest absolute Gasteiger partial charge is 0.261 e. The van der Waals surface area contributed by atoms with E-state index in [0.717, 1.165) is 38.2 Å². The molecule has 0 bridgehead atoms. The van der Waals surface area contributed by atoms with Crippen molar-refractivity contribution < 1.29 is 9.53 Å². The molecule has 0 fully saturated rings. The van der Waals surface area contributed by atoms with E-state index in [4.69, 9.17) is 4.74 Å². The van der Waals surface area contributed by atoms with E-state index < -0.39 is 0 Å². The fraction of sp³-hybridized carbons (Fsp3) is 0.222. The number of aryl methyl sites for hydroxylation is 1. The molecule has 1 aromatic carbocycles. The maximum Gasteiger partial charge on any atom is 0.261 e. The molecule has 24 heavy (non-hydrogen) atoms. The van der Waals surface area contributed by atoms with Crippen LogP contribution in [0.4, 0.5) is 0 Å². The van der Waals surface area contributed by atoms with Crippen molar-refractivity contribution in [3.63, 3.8) is 0 Å². The first-order valence-electron chi connectivity index (χ1n) is 7.59. The highest BCUT2D eigenvalue weighted by molar-refractivity contribution is 7.14. The third-order valence-electron chi connectivity index (χ3n) is 3.53. The Bertz CT molecular complexity index is 822. The molecule has 0 atom stereocenters. The van der Waals surface area contributed by atoms with E-state index in [-0.39, 0.29) is 5.91 Å². The van der Waals surface area contributed by atoms with Crippen LogP contribution in [-0.2, 0) is 6.42 Å². The molecule has 0 aliphatic carbocycles. The average molecular weight is 358 g/mol. The van der Waals surface area contributed by atoms with Crippen molar-refractivity contribution >= 4 is 28.6 Å². The van der Waals surface area contributed by atoms with Crippen molar-refractivity contribution in [3.05, 3.63) is 56.5 Å². The molecular weight excluding hydrogens is 340 g/mol. The van der Waals surface area contributed by atoms with Gasteiger partial charge in [0.15, 0.2) is 0 Å². The Morgan fingerprint density at radius 2 is 2.00 bits per heavy atom. The Balaban J connectivity index is 1.55. The van der Waals surface area contributed by atoms with E-state index in [9.17, 15) is 4.79 Å². The quantitative estimate of drug-likeness (QED) is 0.720. The maximum atomic E-state index is 12.0. The molecule has 1 amide bonds. The molecule has 4 nitrogen and oxygen atoms in total. The second kappa shape index (κ2) is 7.59. The molecule has 1 N–H and O–H groups in total. The summed E-state index contributed by atoms with van der Waals surface area (Å²) in [4.78, 5) is 18.5. The Labute approximate surface area is 149 Å². The summed E-state index contributed by atoms with van der Waals surface area (Å²) in [5.41, 5.74) is 2.02. The fourth-order valence-electron chi connectivity index (χ4n) is 2.25. The lowest BCUT2D eigenvalue weighted by atomic mass is 10.2. The topological polar surface area (TPSA) is 51.2 Å². The van der Waals surface area contributed by atoms with Crippen LogP contribution >= 0.6 is 22.7 Å². The van der Waals surface area contributed by atoms with Gasteiger partial charge in [-0.2, -0.15) is 0 Å². The Hall–Kier alpha value is -2.18. The van der Waals surface area contributed by atoms with Crippen molar-refractivity contribution in [1.29, 1.82) is 0 Å². The SMILES string of the molecule is COc1ccc(-c2csc(CCNC(=O)c3ccc(C)s3)n2)cc1. The number of carbonyl (C=O) groups excluding carboxylic acids is 1. The number of hydrogen-bond donors (Lipinski definition) is 1. The number of nitrogens with zero attached hydrogens (tertiary/aromatic N) is 1. The van der Waals surface area contributed by atoms with E-state index in [0.29, 0.717) is 6.54 Å². The van der Waals surface area contributed by atoms with Gasteiger partial charge in [0.25, 0.3) is 5.91 Å². The maximum absolute atomic E-state index is 12.0. The van der Waals surface area contributed by atoms with Crippen LogP contribution in [0.25, 0.3) is 11.3 Å². The lowest BCUT2D eigenvalue weighted by Gasteiger charge is -2.02. The number of rotatable bonds is 6. The molecule has 3 rings (SSSR count). The largest absolute Gasteiger partial charge is 0.497 e. The second-order valence-corrected chi connectivity index (χ2v) is 7.50. The molecule has 124 valence electrons. The molecule has 0 aliphatic rings. The zero-order valence-corrected chi connectivity index (χ0v) is 15.2. The van der Waals surface area contributed by atoms with Crippen LogP contribution in [0.15, 0.2) is 41.8 Å². The van der Waals surface area contributed by atoms with Gasteiger partial charge in [0, 0.05) is 28.8 Å². The van der Waals surface area contributed by atoms with E-state index in [1.165, 1.54) is 11.3 Å². The summed E-state index contributed by atoms with van der Waals surface area (Å²) in [5.74, 6) is 0.820. The number of nitrogens with one attached hydrogen (secondary N) is 1. The minimum absolute atomic E-state index is 0.0139. The predicted molar refractivity (Wildman–Crippen MR) is 99.2 cm³/mol. The van der Waals surface area contributed by atoms with E-state index >= 15 is 0 Å². The number of carbonyl (C=O) groups is 1. The second-order valence-electron chi connectivity index (χ2n) is 5.27. The third-order valence-corrected chi connectivity index (χ3v) is 5.43. The molecule has 3 aromatic rings. The minimum atomic E-state index is -0.0139. The number of benzene rings is 1. The van der Waals surface area contributed by atoms with Gasteiger partial charge in [-0.25, -0.2) is 4.98 Å². The fourth-order valence-corrected chi connectivity index (χ4v) is 3.84. The Kier molecular flexibility index (Phi) is 5.27. The van der Waals surface area contributed by atoms with E-state index in [1.807, 2.05) is 48.7 Å². The van der Waals surface area contributed by atoms with E-state index in [2.05, 4.69) is 10.3 Å². The van der Waals surface area contributed by atoms with Crippen molar-refractivity contribution in [3.8, 4) is 17.0 Å². The van der Waals surface area contributed by atoms with Crippen molar-refractivity contribution in [2.45, 2.75) is 13.3 Å². The van der Waals surface area contributed by atoms with Gasteiger partial charge in [-0.15, -0.1) is 22.7 Å². The van der Waals surface area contributed by atoms with Crippen molar-refractivity contribution in [2.24, 2.45) is 0 Å². The van der Waals surface area contributed by atoms with Crippen LogP contribution in [-0.4, -0.2) is 24.5 Å². The number of methoxy groups -OCH3 is 1. The first kappa shape index (κ1) is 16.7. The van der Waals surface area contributed by atoms with Gasteiger partial charge in [-0.05, 0) is 43.3 Å². The van der Waals surface area contributed by atoms with Crippen molar-refractivity contribution in [1.82, 2.24) is 10.3 Å². The van der Waals surface area contributed by atoms with Gasteiger partial charge >= 0.3 is 0 Å². The Morgan fingerprint density at radius 1 is 1.21 bits per heavy atom. The first-order valence-corrected chi connectivity index (χ1v) is 9.29. The normalized spacial score (nSPS) is 10.6. The molecule has 0 aliphatic heterocycles. The van der Waals surface area contributed by atoms with Gasteiger partial charge in [0.2, 0.25) is 0 Å². The standard InChI is InChI=1S/C18H18N2O2S2/c1-12-3-8-16(24-12)18(21)19-10-9-17-20-15(11-23-17)13-4-6-14(22-2)7-5-13/h3-8,11H,9-10H2,1-2H3,(H,19,21). The summed E-state index contributed by atoms with van der Waals surface area (Å²) < 4.78 is 5.17. The van der Waals surface area contributed by atoms with Crippen LogP contribution in [0.2, 0.25) is 0 Å². The highest BCUT2D eigenvalue weighted by Gasteiger charge is 2.09. The van der Waals surface area contributed by atoms with Crippen LogP contribution in [0.3, 0.4) is 0 Å². The number of aromatic nitrogens is 1. The van der Waals surface area contributed by atoms with Gasteiger partial charge in [0.1, 0.15) is 5.75 Å². The minimum Gasteiger partial charge on any atom is -0.497 e. The lowest BCUT2D eigenvalue weighted by Crippen LogP contribution is -2.24. The Morgan fingerprint density at radius 3 is 2.67 bits per heavy atom. The summed E-state index contributed by atoms with van der Waals surface area (Å²) in [6.07, 6.45) is 0.733. The number of ether oxygens (including phenoxy) is 1. The molecule has 0 spiro atoms. The molecule has 2 heterocycles. The molecule has 0 saturated carbocycles. The zero-order chi connectivity index (χ0) is 16.9. The monoisotopic (exact) mass is 358 g/mol. The van der Waals surface area contributed by atoms with Crippen LogP contribution in [0, 0.1) is 6.92 Å². The number of hydrogen-bond acceptors (Lipinski definition) is 5. The van der Waals surface area contributed by atoms with Gasteiger partial charge in [-0.3, -0.25) is 4.79 Å². The van der Waals surface area contributed by atoms with Crippen LogP contribution < -0.4 is 10.1 Å². The molecule has 2 aromatic heterocycles. The summed E-state index contributed by atoms with van der Waals surface area (Å²) in [6, 6.07) is 11.7. The summed E-state index contributed by atoms with van der Waals surface area (Å²) in [7, 11) is 1.65. The number of thiazole rings is 1. The van der Waals surface area contributed by atoms with E-state index in [1.54, 1.807) is 18.4 Å². The first-order chi connectivity index (χ1) is 11.7. The van der Waals surface area contributed by atoms with Crippen LogP contribution in [0.5, 0.6) is 5.75 Å². The highest BCUT2D eigenvalue weighted by Crippen LogP contribution is 2.24. The molecular formula is C18H18N2O2S2. The molecule has 0 radical (unpaired) electrons. The lowest BCUT2D eigenvalue weighted by molar-refractivity contribution is 0.0958. The van der Waals surface area contributed by atoms with Crippen LogP contribution in [0.1, 0.15) is 19.6 Å². The third kappa shape index (κ3) is 4.01. The molecule has 6 heteroatoms. The van der Waals surface area contributed by atoms with Gasteiger partial charge in [-0.1, -0.05) is 0 Å². The predicted octanol–water partition coefficient (Wildman–Crippen LogP) is 4.16. The summed E-state index contributed by atoms with van der Waals surface area (Å²) in [5, 5.41) is 6.01. The zero-order valence-electron chi connectivity index (χ0n) is 13.5. The summed E-state index contributed by atoms with van der Waals surface area (Å²) in [6.45, 7) is 2.59. The molecule has 0 saturated heterocycles. The van der Waals surface area contributed by atoms with Crippen molar-refractivity contribution in [2.75, 3.05) is 13.7 Å². The average Bonchev–Trinajstić information content (AvgIpc) is 3.24. The number of amides is 1. The van der Waals surface area contributed by atoms with Gasteiger partial charge < -0.3 is 10.1 Å². The number of thiophene rings is 1. The highest BCUT2D eigenvalue weighted by atomic mass is 32.1. The van der Waals surface area contributed by atoms with Gasteiger partial charge in [0.05, 0.1) is 22.7 Å². The summed E-state index contributed by atoms with van der Waals surface area (Å²) >= 11 is 3.13. The molecule has 0 unspecified atom stereocenters.